The van der Waals surface area contributed by atoms with Crippen LogP contribution in [0.5, 0.6) is 0 Å². The zero-order valence-electron chi connectivity index (χ0n) is 14.9. The molecule has 0 saturated carbocycles. The number of rotatable bonds is 2. The fourth-order valence-corrected chi connectivity index (χ4v) is 2.75. The number of carbonyl (C=O) groups is 1. The van der Waals surface area contributed by atoms with E-state index in [4.69, 9.17) is 4.74 Å². The van der Waals surface area contributed by atoms with Crippen LogP contribution in [0.15, 0.2) is 23.5 Å². The van der Waals surface area contributed by atoms with Crippen molar-refractivity contribution >= 4 is 17.6 Å². The molecule has 1 amide bonds. The number of nitrogens with zero attached hydrogens (tertiary/aromatic N) is 3. The first-order chi connectivity index (χ1) is 10.6. The average Bonchev–Trinajstić information content (AvgIpc) is 2.44. The summed E-state index contributed by atoms with van der Waals surface area (Å²) in [6, 6.07) is 3.51. The van der Waals surface area contributed by atoms with Crippen LogP contribution in [0.3, 0.4) is 0 Å². The molecule has 1 aliphatic rings. The highest BCUT2D eigenvalue weighted by Gasteiger charge is 2.37. The topological polar surface area (TPSA) is 106 Å². The molecule has 1 fully saturated rings. The van der Waals surface area contributed by atoms with E-state index in [9.17, 15) is 9.70 Å². The van der Waals surface area contributed by atoms with Crippen LogP contribution in [0.1, 0.15) is 34.6 Å². The minimum atomic E-state index is -0.495. The highest BCUT2D eigenvalue weighted by molar-refractivity contribution is 5.69. The molecule has 0 aliphatic carbocycles. The number of carbonyl (C=O) groups excluding carboxylic acids is 1. The van der Waals surface area contributed by atoms with E-state index in [0.717, 1.165) is 5.69 Å². The molecule has 8 heteroatoms. The maximum atomic E-state index is 12.3. The van der Waals surface area contributed by atoms with Gasteiger partial charge in [0.1, 0.15) is 11.8 Å². The zero-order valence-corrected chi connectivity index (χ0v) is 14.9. The van der Waals surface area contributed by atoms with Gasteiger partial charge in [-0.3, -0.25) is 0 Å². The molecular formula is C16H26N4O4. The minimum absolute atomic E-state index is 0. The SMILES string of the molecule is CC(C)(C)OC(=O)N1CCN(c2ccc(N=O)[nH+]c2)C(C)(C)C1.[OH-]. The van der Waals surface area contributed by atoms with Gasteiger partial charge >= 0.3 is 11.9 Å². The minimum Gasteiger partial charge on any atom is -0.870 e. The highest BCUT2D eigenvalue weighted by Crippen LogP contribution is 2.28. The van der Waals surface area contributed by atoms with Crippen molar-refractivity contribution in [1.29, 1.82) is 0 Å². The molecule has 2 N–H and O–H groups in total. The molecule has 1 aromatic rings. The van der Waals surface area contributed by atoms with Crippen molar-refractivity contribution in [3.8, 4) is 0 Å². The Hall–Kier alpha value is -2.22. The Morgan fingerprint density at radius 1 is 1.29 bits per heavy atom. The number of aromatic amines is 1. The Balaban J connectivity index is 0.00000288. The summed E-state index contributed by atoms with van der Waals surface area (Å²) in [5, 5.41) is 2.87. The largest absolute Gasteiger partial charge is 0.870 e. The normalized spacial score (nSPS) is 17.0. The van der Waals surface area contributed by atoms with Crippen molar-refractivity contribution < 1.29 is 20.0 Å². The van der Waals surface area contributed by atoms with Crippen molar-refractivity contribution in [2.75, 3.05) is 24.5 Å². The van der Waals surface area contributed by atoms with E-state index in [0.29, 0.717) is 25.5 Å². The molecule has 0 bridgehead atoms. The summed E-state index contributed by atoms with van der Waals surface area (Å²) in [5.41, 5.74) is 0.218. The van der Waals surface area contributed by atoms with Crippen molar-refractivity contribution in [3.05, 3.63) is 23.2 Å². The number of pyridine rings is 1. The molecule has 0 radical (unpaired) electrons. The van der Waals surface area contributed by atoms with Gasteiger partial charge in [-0.05, 0) is 45.6 Å². The van der Waals surface area contributed by atoms with E-state index < -0.39 is 5.60 Å². The summed E-state index contributed by atoms with van der Waals surface area (Å²) < 4.78 is 5.46. The average molecular weight is 338 g/mol. The summed E-state index contributed by atoms with van der Waals surface area (Å²) in [7, 11) is 0. The molecule has 8 nitrogen and oxygen atoms in total. The summed E-state index contributed by atoms with van der Waals surface area (Å²) in [4.78, 5) is 29.6. The molecule has 0 aromatic carbocycles. The smallest absolute Gasteiger partial charge is 0.410 e. The number of amides is 1. The van der Waals surface area contributed by atoms with Crippen LogP contribution in [0, 0.1) is 4.91 Å². The lowest BCUT2D eigenvalue weighted by molar-refractivity contribution is -0.362. The lowest BCUT2D eigenvalue weighted by Crippen LogP contribution is -2.61. The molecule has 1 aliphatic heterocycles. The van der Waals surface area contributed by atoms with Crippen LogP contribution in [-0.2, 0) is 4.74 Å². The van der Waals surface area contributed by atoms with Gasteiger partial charge in [0, 0.05) is 25.7 Å². The lowest BCUT2D eigenvalue weighted by atomic mass is 9.98. The van der Waals surface area contributed by atoms with Gasteiger partial charge in [0.15, 0.2) is 0 Å². The monoisotopic (exact) mass is 338 g/mol. The maximum Gasteiger partial charge on any atom is 0.410 e. The number of aromatic nitrogens is 1. The van der Waals surface area contributed by atoms with Gasteiger partial charge in [-0.15, -0.1) is 0 Å². The predicted molar refractivity (Wildman–Crippen MR) is 89.6 cm³/mol. The third-order valence-corrected chi connectivity index (χ3v) is 3.74. The second-order valence-electron chi connectivity index (χ2n) is 7.39. The lowest BCUT2D eigenvalue weighted by Gasteiger charge is -2.48. The van der Waals surface area contributed by atoms with Gasteiger partial charge in [-0.2, -0.15) is 0 Å². The van der Waals surface area contributed by atoms with Gasteiger partial charge < -0.3 is 20.0 Å². The first-order valence-electron chi connectivity index (χ1n) is 7.73. The van der Waals surface area contributed by atoms with Crippen molar-refractivity contribution in [2.24, 2.45) is 5.18 Å². The molecule has 1 aromatic heterocycles. The summed E-state index contributed by atoms with van der Waals surface area (Å²) in [6.45, 7) is 11.6. The first-order valence-corrected chi connectivity index (χ1v) is 7.73. The summed E-state index contributed by atoms with van der Waals surface area (Å²) >= 11 is 0. The van der Waals surface area contributed by atoms with Crippen LogP contribution in [0.25, 0.3) is 0 Å². The molecule has 2 heterocycles. The van der Waals surface area contributed by atoms with Crippen molar-refractivity contribution in [3.63, 3.8) is 0 Å². The first kappa shape index (κ1) is 19.8. The maximum absolute atomic E-state index is 12.3. The van der Waals surface area contributed by atoms with Crippen LogP contribution in [0.2, 0.25) is 0 Å². The van der Waals surface area contributed by atoms with Gasteiger partial charge in [-0.25, -0.2) is 9.78 Å². The van der Waals surface area contributed by atoms with Crippen molar-refractivity contribution in [2.45, 2.75) is 45.8 Å². The summed E-state index contributed by atoms with van der Waals surface area (Å²) in [5.74, 6) is 0.291. The van der Waals surface area contributed by atoms with E-state index in [1.54, 1.807) is 17.2 Å². The molecular weight excluding hydrogens is 312 g/mol. The van der Waals surface area contributed by atoms with Gasteiger partial charge in [0.25, 0.3) is 0 Å². The fourth-order valence-electron chi connectivity index (χ4n) is 2.75. The molecule has 1 saturated heterocycles. The Bertz CT molecular complexity index is 581. The van der Waals surface area contributed by atoms with E-state index in [1.165, 1.54) is 0 Å². The molecule has 0 atom stereocenters. The molecule has 0 spiro atoms. The van der Waals surface area contributed by atoms with Crippen molar-refractivity contribution in [1.82, 2.24) is 4.90 Å². The third-order valence-electron chi connectivity index (χ3n) is 3.74. The van der Waals surface area contributed by atoms with E-state index in [1.807, 2.05) is 26.8 Å². The quantitative estimate of drug-likeness (QED) is 0.770. The van der Waals surface area contributed by atoms with Gasteiger partial charge in [-0.1, -0.05) is 0 Å². The number of H-pyrrole nitrogens is 1. The molecule has 0 unspecified atom stereocenters. The molecule has 2 rings (SSSR count). The fraction of sp³-hybridized carbons (Fsp3) is 0.625. The molecule has 24 heavy (non-hydrogen) atoms. The number of nitroso groups, excluding NO2 is 1. The van der Waals surface area contributed by atoms with E-state index >= 15 is 0 Å². The van der Waals surface area contributed by atoms with Crippen LogP contribution < -0.4 is 9.88 Å². The van der Waals surface area contributed by atoms with Crippen LogP contribution >= 0.6 is 0 Å². The van der Waals surface area contributed by atoms with Crippen LogP contribution in [-0.4, -0.2) is 47.2 Å². The third kappa shape index (κ3) is 4.64. The number of piperazine rings is 1. The van der Waals surface area contributed by atoms with Gasteiger partial charge in [0.2, 0.25) is 5.18 Å². The number of hydrogen-bond acceptors (Lipinski definition) is 6. The predicted octanol–water partition coefficient (Wildman–Crippen LogP) is 2.56. The second kappa shape index (κ2) is 7.12. The number of nitrogens with one attached hydrogen (secondary N) is 1. The van der Waals surface area contributed by atoms with Crippen LogP contribution in [0.4, 0.5) is 16.3 Å². The molecule has 134 valence electrons. The Kier molecular flexibility index (Phi) is 5.89. The standard InChI is InChI=1S/C16H24N4O3.H2O/c1-15(2,3)23-14(21)19-8-9-20(16(4,5)11-19)12-6-7-13(18-22)17-10-12;/h6-7,10H,8-9,11H2,1-5H3;1H2. The second-order valence-corrected chi connectivity index (χ2v) is 7.39. The summed E-state index contributed by atoms with van der Waals surface area (Å²) in [6.07, 6.45) is 1.49. The van der Waals surface area contributed by atoms with Gasteiger partial charge in [0.05, 0.1) is 11.2 Å². The zero-order chi connectivity index (χ0) is 17.3. The highest BCUT2D eigenvalue weighted by atomic mass is 16.6. The Labute approximate surface area is 142 Å². The van der Waals surface area contributed by atoms with E-state index in [2.05, 4.69) is 28.9 Å². The Morgan fingerprint density at radius 3 is 2.42 bits per heavy atom. The number of ether oxygens (including phenoxy) is 1. The number of anilines is 1. The Morgan fingerprint density at radius 2 is 1.96 bits per heavy atom. The number of hydrogen-bond donors (Lipinski definition) is 0. The van der Waals surface area contributed by atoms with E-state index in [-0.39, 0.29) is 17.1 Å².